The van der Waals surface area contributed by atoms with Gasteiger partial charge in [-0.2, -0.15) is 0 Å². The van der Waals surface area contributed by atoms with Crippen LogP contribution in [0.3, 0.4) is 0 Å². The molecule has 0 saturated carbocycles. The Morgan fingerprint density at radius 3 is 2.37 bits per heavy atom. The minimum Gasteiger partial charge on any atom is -0.480 e. The predicted molar refractivity (Wildman–Crippen MR) is 125 cm³/mol. The second kappa shape index (κ2) is 9.67. The molecular weight excluding hydrogens is 452 g/mol. The highest BCUT2D eigenvalue weighted by Crippen LogP contribution is 2.44. The third-order valence-corrected chi connectivity index (χ3v) is 7.16. The number of fused-ring (bicyclic) bond motifs is 3. The Balaban J connectivity index is 1.17. The number of alkyl carbamates (subject to hydrolysis) is 1. The van der Waals surface area contributed by atoms with E-state index in [4.69, 9.17) is 9.47 Å². The maximum Gasteiger partial charge on any atom is 0.407 e. The number of hydrogen-bond acceptors (Lipinski definition) is 6. The van der Waals surface area contributed by atoms with Crippen molar-refractivity contribution in [1.29, 1.82) is 0 Å². The summed E-state index contributed by atoms with van der Waals surface area (Å²) in [6.45, 7) is 0.653. The maximum atomic E-state index is 13.0. The molecule has 184 valence electrons. The molecular formula is C26H28N2O7. The van der Waals surface area contributed by atoms with Crippen molar-refractivity contribution in [2.75, 3.05) is 26.3 Å². The van der Waals surface area contributed by atoms with Gasteiger partial charge in [-0.1, -0.05) is 48.5 Å². The topological polar surface area (TPSA) is 125 Å². The fourth-order valence-electron chi connectivity index (χ4n) is 5.43. The number of aliphatic carboxylic acids is 1. The molecule has 0 bridgehead atoms. The van der Waals surface area contributed by atoms with E-state index in [0.29, 0.717) is 13.0 Å². The molecule has 4 atom stereocenters. The molecule has 2 heterocycles. The van der Waals surface area contributed by atoms with Crippen LogP contribution < -0.4 is 5.32 Å². The third kappa shape index (κ3) is 4.49. The summed E-state index contributed by atoms with van der Waals surface area (Å²) in [7, 11) is 0. The number of nitrogens with zero attached hydrogens (tertiary/aromatic N) is 1. The third-order valence-electron chi connectivity index (χ3n) is 7.16. The SMILES string of the molecule is O=C(NCC1CCOC1C(=O)N1C[C@H](O)C[C@H]1C(=O)O)OCC1c2ccccc2-c2ccccc21. The van der Waals surface area contributed by atoms with Gasteiger partial charge < -0.3 is 29.9 Å². The minimum atomic E-state index is -1.15. The van der Waals surface area contributed by atoms with Crippen LogP contribution in [-0.2, 0) is 19.1 Å². The van der Waals surface area contributed by atoms with E-state index in [1.165, 1.54) is 4.90 Å². The Kier molecular flexibility index (Phi) is 6.44. The van der Waals surface area contributed by atoms with Gasteiger partial charge in [-0.15, -0.1) is 0 Å². The van der Waals surface area contributed by atoms with E-state index < -0.39 is 36.2 Å². The molecule has 0 spiro atoms. The molecule has 9 nitrogen and oxygen atoms in total. The summed E-state index contributed by atoms with van der Waals surface area (Å²) in [5.74, 6) is -1.98. The standard InChI is InChI=1S/C26H28N2O7/c29-16-11-22(25(31)32)28(13-16)24(30)23-15(9-10-34-23)12-27-26(33)35-14-21-19-7-3-1-5-17(19)18-6-2-4-8-20(18)21/h1-8,15-16,21-23,29H,9-14H2,(H,27,33)(H,31,32)/t15?,16-,22+,23?/m1/s1. The highest BCUT2D eigenvalue weighted by atomic mass is 16.5. The summed E-state index contributed by atoms with van der Waals surface area (Å²) >= 11 is 0. The fourth-order valence-corrected chi connectivity index (χ4v) is 5.43. The van der Waals surface area contributed by atoms with Gasteiger partial charge in [0.25, 0.3) is 5.91 Å². The molecule has 2 unspecified atom stereocenters. The van der Waals surface area contributed by atoms with Crippen LogP contribution in [0.5, 0.6) is 0 Å². The lowest BCUT2D eigenvalue weighted by molar-refractivity contribution is -0.153. The van der Waals surface area contributed by atoms with Crippen molar-refractivity contribution < 1.29 is 34.1 Å². The number of nitrogens with one attached hydrogen (secondary N) is 1. The van der Waals surface area contributed by atoms with Gasteiger partial charge in [0.15, 0.2) is 0 Å². The average molecular weight is 481 g/mol. The molecule has 2 aliphatic heterocycles. The van der Waals surface area contributed by atoms with Gasteiger partial charge in [-0.3, -0.25) is 4.79 Å². The van der Waals surface area contributed by atoms with E-state index in [2.05, 4.69) is 17.4 Å². The first-order valence-corrected chi connectivity index (χ1v) is 11.9. The van der Waals surface area contributed by atoms with Gasteiger partial charge in [0.1, 0.15) is 18.8 Å². The number of rotatable bonds is 6. The summed E-state index contributed by atoms with van der Waals surface area (Å²) in [6, 6.07) is 15.1. The number of β-amino-alcohol motifs (C(OH)–C–C–N with tert-alkyl or cyclic N) is 1. The highest BCUT2D eigenvalue weighted by Gasteiger charge is 2.45. The lowest BCUT2D eigenvalue weighted by Crippen LogP contribution is -2.48. The first-order valence-electron chi connectivity index (χ1n) is 11.9. The molecule has 35 heavy (non-hydrogen) atoms. The van der Waals surface area contributed by atoms with E-state index in [1.807, 2.05) is 36.4 Å². The second-order valence-corrected chi connectivity index (χ2v) is 9.28. The van der Waals surface area contributed by atoms with Crippen molar-refractivity contribution in [2.45, 2.75) is 37.0 Å². The van der Waals surface area contributed by atoms with Crippen molar-refractivity contribution in [3.8, 4) is 11.1 Å². The van der Waals surface area contributed by atoms with Crippen molar-refractivity contribution in [3.05, 3.63) is 59.7 Å². The van der Waals surface area contributed by atoms with E-state index in [-0.39, 0.29) is 38.0 Å². The second-order valence-electron chi connectivity index (χ2n) is 9.28. The molecule has 2 fully saturated rings. The van der Waals surface area contributed by atoms with Crippen LogP contribution in [0, 0.1) is 5.92 Å². The molecule has 2 saturated heterocycles. The van der Waals surface area contributed by atoms with E-state index in [9.17, 15) is 24.6 Å². The van der Waals surface area contributed by atoms with Gasteiger partial charge in [-0.25, -0.2) is 9.59 Å². The smallest absolute Gasteiger partial charge is 0.407 e. The van der Waals surface area contributed by atoms with Crippen LogP contribution in [0.25, 0.3) is 11.1 Å². The van der Waals surface area contributed by atoms with Crippen molar-refractivity contribution in [1.82, 2.24) is 10.2 Å². The van der Waals surface area contributed by atoms with Crippen LogP contribution in [0.2, 0.25) is 0 Å². The number of likely N-dealkylation sites (tertiary alicyclic amines) is 1. The monoisotopic (exact) mass is 480 g/mol. The molecule has 0 radical (unpaired) electrons. The molecule has 0 aromatic heterocycles. The minimum absolute atomic E-state index is 0.00351. The van der Waals surface area contributed by atoms with Crippen molar-refractivity contribution >= 4 is 18.0 Å². The van der Waals surface area contributed by atoms with Crippen LogP contribution >= 0.6 is 0 Å². The number of carboxylic acids is 1. The van der Waals surface area contributed by atoms with Crippen LogP contribution in [0.1, 0.15) is 29.9 Å². The zero-order valence-corrected chi connectivity index (χ0v) is 19.1. The summed E-state index contributed by atoms with van der Waals surface area (Å²) in [4.78, 5) is 38.2. The van der Waals surface area contributed by atoms with E-state index in [0.717, 1.165) is 22.3 Å². The Bertz CT molecular complexity index is 1090. The summed E-state index contributed by atoms with van der Waals surface area (Å²) in [6.07, 6.45) is -1.77. The summed E-state index contributed by atoms with van der Waals surface area (Å²) in [5.41, 5.74) is 4.54. The highest BCUT2D eigenvalue weighted by molar-refractivity contribution is 5.87. The van der Waals surface area contributed by atoms with Gasteiger partial charge in [0.2, 0.25) is 0 Å². The first-order chi connectivity index (χ1) is 16.9. The molecule has 2 aromatic rings. The Labute approximate surface area is 202 Å². The van der Waals surface area contributed by atoms with Crippen LogP contribution in [0.4, 0.5) is 4.79 Å². The average Bonchev–Trinajstić information content (AvgIpc) is 3.57. The molecule has 2 aromatic carbocycles. The molecule has 9 heteroatoms. The molecule has 3 N–H and O–H groups in total. The van der Waals surface area contributed by atoms with Crippen molar-refractivity contribution in [2.24, 2.45) is 5.92 Å². The number of carbonyl (C=O) groups excluding carboxylic acids is 2. The zero-order valence-electron chi connectivity index (χ0n) is 19.1. The molecule has 5 rings (SSSR count). The first kappa shape index (κ1) is 23.3. The molecule has 2 amide bonds. The number of aliphatic hydroxyl groups is 1. The number of ether oxygens (including phenoxy) is 2. The number of aliphatic hydroxyl groups excluding tert-OH is 1. The zero-order chi connectivity index (χ0) is 24.5. The van der Waals surface area contributed by atoms with Crippen LogP contribution in [-0.4, -0.2) is 77.6 Å². The van der Waals surface area contributed by atoms with Gasteiger partial charge in [0.05, 0.1) is 6.10 Å². The Hall–Kier alpha value is -3.43. The van der Waals surface area contributed by atoms with E-state index in [1.54, 1.807) is 0 Å². The summed E-state index contributed by atoms with van der Waals surface area (Å²) < 4.78 is 11.2. The molecule has 1 aliphatic carbocycles. The number of amides is 2. The lowest BCUT2D eigenvalue weighted by atomic mass is 9.98. The number of hydrogen-bond donors (Lipinski definition) is 3. The van der Waals surface area contributed by atoms with Crippen LogP contribution in [0.15, 0.2) is 48.5 Å². The largest absolute Gasteiger partial charge is 0.480 e. The number of benzene rings is 2. The molecule has 3 aliphatic rings. The number of carbonyl (C=O) groups is 3. The lowest BCUT2D eigenvalue weighted by Gasteiger charge is -2.27. The number of carboxylic acid groups (broad SMARTS) is 1. The van der Waals surface area contributed by atoms with Gasteiger partial charge >= 0.3 is 12.1 Å². The summed E-state index contributed by atoms with van der Waals surface area (Å²) in [5, 5.41) is 22.0. The maximum absolute atomic E-state index is 13.0. The van der Waals surface area contributed by atoms with Gasteiger partial charge in [0, 0.05) is 38.0 Å². The predicted octanol–water partition coefficient (Wildman–Crippen LogP) is 1.98. The van der Waals surface area contributed by atoms with E-state index >= 15 is 0 Å². The quantitative estimate of drug-likeness (QED) is 0.577. The normalized spacial score (nSPS) is 25.2. The Morgan fingerprint density at radius 1 is 1.06 bits per heavy atom. The van der Waals surface area contributed by atoms with Crippen molar-refractivity contribution in [3.63, 3.8) is 0 Å². The Morgan fingerprint density at radius 2 is 1.71 bits per heavy atom. The van der Waals surface area contributed by atoms with Gasteiger partial charge in [-0.05, 0) is 28.7 Å². The fraction of sp³-hybridized carbons (Fsp3) is 0.423.